The van der Waals surface area contributed by atoms with Gasteiger partial charge in [0.05, 0.1) is 11.6 Å². The predicted octanol–water partition coefficient (Wildman–Crippen LogP) is 6.77. The molecule has 1 unspecified atom stereocenters. The lowest BCUT2D eigenvalue weighted by atomic mass is 9.74. The summed E-state index contributed by atoms with van der Waals surface area (Å²) in [5, 5.41) is 15.3. The maximum absolute atomic E-state index is 13.3. The quantitative estimate of drug-likeness (QED) is 0.355. The highest BCUT2D eigenvalue weighted by Crippen LogP contribution is 2.40. The van der Waals surface area contributed by atoms with Crippen molar-refractivity contribution in [1.29, 1.82) is 5.26 Å². The molecule has 1 aliphatic carbocycles. The van der Waals surface area contributed by atoms with Crippen molar-refractivity contribution in [2.45, 2.75) is 18.8 Å². The van der Waals surface area contributed by atoms with E-state index in [1.807, 2.05) is 55.5 Å². The van der Waals surface area contributed by atoms with Crippen molar-refractivity contribution in [1.82, 2.24) is 0 Å². The number of hydrogen-bond acceptors (Lipinski definition) is 3. The molecule has 0 radical (unpaired) electrons. The zero-order valence-corrected chi connectivity index (χ0v) is 21.0. The number of allylic oxidation sites excluding steroid dienone is 3. The van der Waals surface area contributed by atoms with Crippen molar-refractivity contribution in [3.8, 4) is 6.07 Å². The van der Waals surface area contributed by atoms with E-state index >= 15 is 0 Å². The molecule has 0 aliphatic heterocycles. The Bertz CT molecular complexity index is 1420. The Morgan fingerprint density at radius 1 is 1.03 bits per heavy atom. The van der Waals surface area contributed by atoms with Gasteiger partial charge in [-0.05, 0) is 66.9 Å². The molecule has 0 heterocycles. The second-order valence-corrected chi connectivity index (χ2v) is 9.30. The fourth-order valence-corrected chi connectivity index (χ4v) is 4.76. The number of anilines is 2. The van der Waals surface area contributed by atoms with Crippen molar-refractivity contribution in [3.05, 3.63) is 118 Å². The lowest BCUT2D eigenvalue weighted by molar-refractivity contribution is -0.113. The zero-order valence-electron chi connectivity index (χ0n) is 19.5. The van der Waals surface area contributed by atoms with Gasteiger partial charge < -0.3 is 10.6 Å². The molecule has 180 valence electrons. The molecule has 0 fully saturated rings. The van der Waals surface area contributed by atoms with Crippen LogP contribution in [0.5, 0.6) is 0 Å². The Morgan fingerprint density at radius 2 is 1.78 bits per heavy atom. The van der Waals surface area contributed by atoms with Gasteiger partial charge in [-0.3, -0.25) is 9.59 Å². The molecule has 2 amide bonds. The first kappa shape index (κ1) is 25.2. The summed E-state index contributed by atoms with van der Waals surface area (Å²) in [5.41, 5.74) is 3.73. The van der Waals surface area contributed by atoms with Crippen LogP contribution in [0, 0.1) is 18.3 Å². The van der Waals surface area contributed by atoms with Crippen molar-refractivity contribution in [2.24, 2.45) is 0 Å². The van der Waals surface area contributed by atoms with E-state index in [1.165, 1.54) is 0 Å². The lowest BCUT2D eigenvalue weighted by Gasteiger charge is -2.33. The van der Waals surface area contributed by atoms with Gasteiger partial charge in [0.2, 0.25) is 0 Å². The third-order valence-electron chi connectivity index (χ3n) is 6.18. The third kappa shape index (κ3) is 5.36. The Hall–Kier alpha value is -3.85. The van der Waals surface area contributed by atoms with Crippen molar-refractivity contribution < 1.29 is 9.59 Å². The summed E-state index contributed by atoms with van der Waals surface area (Å²) in [7, 11) is 0. The fraction of sp³-hybridized carbons (Fsp3) is 0.138. The Kier molecular flexibility index (Phi) is 7.59. The van der Waals surface area contributed by atoms with Crippen LogP contribution < -0.4 is 10.6 Å². The normalized spacial score (nSPS) is 16.6. The van der Waals surface area contributed by atoms with Crippen LogP contribution in [0.25, 0.3) is 0 Å². The summed E-state index contributed by atoms with van der Waals surface area (Å²) in [5.74, 6) is -0.291. The van der Waals surface area contributed by atoms with Gasteiger partial charge in [-0.2, -0.15) is 5.26 Å². The van der Waals surface area contributed by atoms with E-state index in [0.29, 0.717) is 39.5 Å². The van der Waals surface area contributed by atoms with E-state index in [9.17, 15) is 9.59 Å². The number of carbonyl (C=O) groups is 2. The van der Waals surface area contributed by atoms with Gasteiger partial charge in [-0.1, -0.05) is 54.1 Å². The van der Waals surface area contributed by atoms with Gasteiger partial charge in [0.15, 0.2) is 0 Å². The summed E-state index contributed by atoms with van der Waals surface area (Å²) in [6.07, 6.45) is 6.01. The smallest absolute Gasteiger partial charge is 0.255 e. The van der Waals surface area contributed by atoms with E-state index in [1.54, 1.807) is 42.5 Å². The number of carbonyl (C=O) groups excluding carboxylic acids is 2. The topological polar surface area (TPSA) is 82.0 Å². The number of rotatable bonds is 6. The molecule has 0 aromatic heterocycles. The molecule has 0 saturated heterocycles. The highest BCUT2D eigenvalue weighted by atomic mass is 35.5. The Balaban J connectivity index is 1.50. The van der Waals surface area contributed by atoms with Gasteiger partial charge in [-0.25, -0.2) is 0 Å². The van der Waals surface area contributed by atoms with E-state index in [2.05, 4.69) is 10.6 Å². The van der Waals surface area contributed by atoms with Crippen LogP contribution in [0.4, 0.5) is 11.4 Å². The number of nitrogens with one attached hydrogen (secondary N) is 2. The standard InChI is InChI=1S/C29H23Cl2N3O2/c1-19-8-13-23(33-27(35)21-11-9-20(17-32)10-12-21)15-26(19)34-28(36)22-5-4-14-29(16-22,18-30)24-6-2-3-7-25(24)31/h2-15H,16,18H2,1H3,(H,33,35)(H,34,36). The molecule has 2 N–H and O–H groups in total. The van der Waals surface area contributed by atoms with E-state index in [0.717, 1.165) is 11.1 Å². The number of hydrogen-bond donors (Lipinski definition) is 2. The van der Waals surface area contributed by atoms with E-state index in [-0.39, 0.29) is 17.7 Å². The second-order valence-electron chi connectivity index (χ2n) is 8.62. The van der Waals surface area contributed by atoms with Crippen LogP contribution in [0.3, 0.4) is 0 Å². The first-order valence-electron chi connectivity index (χ1n) is 11.3. The molecule has 0 spiro atoms. The van der Waals surface area contributed by atoms with Crippen molar-refractivity contribution >= 4 is 46.4 Å². The van der Waals surface area contributed by atoms with Crippen LogP contribution >= 0.6 is 23.2 Å². The molecule has 4 rings (SSSR count). The number of nitrogens with zero attached hydrogens (tertiary/aromatic N) is 1. The molecule has 7 heteroatoms. The number of halogens is 2. The average Bonchev–Trinajstić information content (AvgIpc) is 2.90. The molecule has 3 aromatic carbocycles. The van der Waals surface area contributed by atoms with Crippen LogP contribution in [0.2, 0.25) is 5.02 Å². The molecule has 5 nitrogen and oxygen atoms in total. The Morgan fingerprint density at radius 3 is 2.47 bits per heavy atom. The lowest BCUT2D eigenvalue weighted by Crippen LogP contribution is -2.31. The maximum atomic E-state index is 13.3. The summed E-state index contributed by atoms with van der Waals surface area (Å²) in [6, 6.07) is 21.2. The summed E-state index contributed by atoms with van der Waals surface area (Å²) in [4.78, 5) is 25.9. The molecular formula is C29H23Cl2N3O2. The fourth-order valence-electron chi connectivity index (χ4n) is 4.11. The van der Waals surface area contributed by atoms with E-state index < -0.39 is 5.41 Å². The first-order chi connectivity index (χ1) is 17.3. The molecule has 1 aliphatic rings. The largest absolute Gasteiger partial charge is 0.322 e. The zero-order chi connectivity index (χ0) is 25.7. The minimum absolute atomic E-state index is 0.250. The highest BCUT2D eigenvalue weighted by molar-refractivity contribution is 6.31. The average molecular weight is 516 g/mol. The monoisotopic (exact) mass is 515 g/mol. The minimum Gasteiger partial charge on any atom is -0.322 e. The third-order valence-corrected chi connectivity index (χ3v) is 6.99. The number of benzene rings is 3. The molecule has 0 bridgehead atoms. The van der Waals surface area contributed by atoms with Crippen LogP contribution in [0.15, 0.2) is 90.5 Å². The highest BCUT2D eigenvalue weighted by Gasteiger charge is 2.35. The van der Waals surface area contributed by atoms with Crippen LogP contribution in [-0.4, -0.2) is 17.7 Å². The van der Waals surface area contributed by atoms with Gasteiger partial charge in [0.25, 0.3) is 11.8 Å². The summed E-state index contributed by atoms with van der Waals surface area (Å²) in [6.45, 7) is 1.88. The molecule has 3 aromatic rings. The number of aryl methyl sites for hydroxylation is 1. The second kappa shape index (κ2) is 10.8. The summed E-state index contributed by atoms with van der Waals surface area (Å²) < 4.78 is 0. The van der Waals surface area contributed by atoms with Crippen LogP contribution in [0.1, 0.15) is 33.5 Å². The molecular weight excluding hydrogens is 493 g/mol. The predicted molar refractivity (Wildman–Crippen MR) is 145 cm³/mol. The van der Waals surface area contributed by atoms with Gasteiger partial charge in [0.1, 0.15) is 0 Å². The van der Waals surface area contributed by atoms with E-state index in [4.69, 9.17) is 28.5 Å². The minimum atomic E-state index is -0.590. The maximum Gasteiger partial charge on any atom is 0.255 e. The number of alkyl halides is 1. The molecule has 1 atom stereocenters. The van der Waals surface area contributed by atoms with Gasteiger partial charge >= 0.3 is 0 Å². The SMILES string of the molecule is Cc1ccc(NC(=O)c2ccc(C#N)cc2)cc1NC(=O)C1=CC=CC(CCl)(c2ccccc2Cl)C1. The van der Waals surface area contributed by atoms with Gasteiger partial charge in [-0.15, -0.1) is 11.6 Å². The van der Waals surface area contributed by atoms with Gasteiger partial charge in [0, 0.05) is 38.8 Å². The van der Waals surface area contributed by atoms with Crippen molar-refractivity contribution in [2.75, 3.05) is 16.5 Å². The molecule has 0 saturated carbocycles. The number of nitriles is 1. The first-order valence-corrected chi connectivity index (χ1v) is 12.2. The van der Waals surface area contributed by atoms with Crippen LogP contribution in [-0.2, 0) is 10.2 Å². The molecule has 36 heavy (non-hydrogen) atoms. The summed E-state index contributed by atoms with van der Waals surface area (Å²) >= 11 is 12.9. The van der Waals surface area contributed by atoms with Crippen molar-refractivity contribution in [3.63, 3.8) is 0 Å². The Labute approximate surface area is 220 Å². The number of amides is 2.